The monoisotopic (exact) mass is 282 g/mol. The van der Waals surface area contributed by atoms with E-state index in [9.17, 15) is 0 Å². The van der Waals surface area contributed by atoms with E-state index in [2.05, 4.69) is 32.2 Å². The van der Waals surface area contributed by atoms with Crippen LogP contribution in [0, 0.1) is 5.92 Å². The molecule has 21 heavy (non-hydrogen) atoms. The second-order valence-electron chi connectivity index (χ2n) is 5.69. The molecule has 5 nitrogen and oxygen atoms in total. The van der Waals surface area contributed by atoms with Gasteiger partial charge in [0, 0.05) is 24.9 Å². The first-order chi connectivity index (χ1) is 10.4. The summed E-state index contributed by atoms with van der Waals surface area (Å²) >= 11 is 0. The molecule has 0 fully saturated rings. The van der Waals surface area contributed by atoms with E-state index in [1.165, 1.54) is 11.8 Å². The van der Waals surface area contributed by atoms with Crippen LogP contribution in [0.4, 0.5) is 0 Å². The van der Waals surface area contributed by atoms with Gasteiger partial charge >= 0.3 is 0 Å². The number of benzene rings is 1. The number of fused-ring (bicyclic) bond motifs is 2. The minimum absolute atomic E-state index is 0.637. The fourth-order valence-electron chi connectivity index (χ4n) is 3.02. The molecule has 1 aliphatic heterocycles. The maximum atomic E-state index is 5.81. The molecule has 0 aliphatic carbocycles. The molecule has 3 heterocycles. The lowest BCUT2D eigenvalue weighted by molar-refractivity contribution is 0.342. The Bertz CT molecular complexity index is 712. The zero-order valence-corrected chi connectivity index (χ0v) is 11.8. The Kier molecular flexibility index (Phi) is 3.20. The lowest BCUT2D eigenvalue weighted by Crippen LogP contribution is -2.29. The van der Waals surface area contributed by atoms with Crippen molar-refractivity contribution < 1.29 is 4.42 Å². The van der Waals surface area contributed by atoms with E-state index in [1.54, 1.807) is 0 Å². The average Bonchev–Trinajstić information content (AvgIpc) is 3.12. The van der Waals surface area contributed by atoms with Crippen molar-refractivity contribution in [2.75, 3.05) is 6.54 Å². The van der Waals surface area contributed by atoms with E-state index in [0.29, 0.717) is 5.92 Å². The third-order valence-electron chi connectivity index (χ3n) is 4.14. The van der Waals surface area contributed by atoms with Gasteiger partial charge in [0.15, 0.2) is 0 Å². The summed E-state index contributed by atoms with van der Waals surface area (Å²) < 4.78 is 7.98. The van der Waals surface area contributed by atoms with E-state index < -0.39 is 0 Å². The molecule has 108 valence electrons. The van der Waals surface area contributed by atoms with Gasteiger partial charge in [-0.3, -0.25) is 0 Å². The average molecular weight is 282 g/mol. The SMILES string of the molecule is c1ccc2oc(CNC[C@@H]3CCc4nncn4C3)cc2c1. The Morgan fingerprint density at radius 1 is 1.33 bits per heavy atom. The molecule has 0 spiro atoms. The van der Waals surface area contributed by atoms with Crippen LogP contribution in [0.1, 0.15) is 18.0 Å². The highest BCUT2D eigenvalue weighted by Crippen LogP contribution is 2.20. The van der Waals surface area contributed by atoms with E-state index in [4.69, 9.17) is 4.42 Å². The standard InChI is InChI=1S/C16H18N4O/c1-2-4-15-13(3-1)7-14(21-15)9-17-8-12-5-6-16-19-18-11-20(16)10-12/h1-4,7,11-12,17H,5-6,8-10H2/t12-/m0/s1. The Balaban J connectivity index is 1.33. The van der Waals surface area contributed by atoms with Gasteiger partial charge in [0.2, 0.25) is 0 Å². The van der Waals surface area contributed by atoms with Gasteiger partial charge in [-0.25, -0.2) is 0 Å². The minimum atomic E-state index is 0.637. The molecular weight excluding hydrogens is 264 g/mol. The predicted octanol–water partition coefficient (Wildman–Crippen LogP) is 2.38. The van der Waals surface area contributed by atoms with Crippen molar-refractivity contribution in [2.24, 2.45) is 5.92 Å². The number of para-hydroxylation sites is 1. The lowest BCUT2D eigenvalue weighted by Gasteiger charge is -2.23. The topological polar surface area (TPSA) is 55.9 Å². The van der Waals surface area contributed by atoms with Crippen molar-refractivity contribution in [1.82, 2.24) is 20.1 Å². The number of aromatic nitrogens is 3. The van der Waals surface area contributed by atoms with Crippen LogP contribution < -0.4 is 5.32 Å². The fourth-order valence-corrected chi connectivity index (χ4v) is 3.02. The Labute approximate surface area is 123 Å². The van der Waals surface area contributed by atoms with Crippen LogP contribution >= 0.6 is 0 Å². The van der Waals surface area contributed by atoms with E-state index in [1.807, 2.05) is 24.5 Å². The van der Waals surface area contributed by atoms with Crippen molar-refractivity contribution in [1.29, 1.82) is 0 Å². The van der Waals surface area contributed by atoms with Gasteiger partial charge in [-0.2, -0.15) is 0 Å². The van der Waals surface area contributed by atoms with Gasteiger partial charge in [0.1, 0.15) is 23.5 Å². The second-order valence-corrected chi connectivity index (χ2v) is 5.69. The van der Waals surface area contributed by atoms with Crippen molar-refractivity contribution in [3.8, 4) is 0 Å². The summed E-state index contributed by atoms with van der Waals surface area (Å²) in [6.07, 6.45) is 4.03. The molecule has 0 saturated carbocycles. The summed E-state index contributed by atoms with van der Waals surface area (Å²) in [5.74, 6) is 2.75. The van der Waals surface area contributed by atoms with Crippen molar-refractivity contribution in [2.45, 2.75) is 25.9 Å². The van der Waals surface area contributed by atoms with Crippen molar-refractivity contribution in [3.05, 3.63) is 48.2 Å². The van der Waals surface area contributed by atoms with Crippen molar-refractivity contribution in [3.63, 3.8) is 0 Å². The quantitative estimate of drug-likeness (QED) is 0.798. The first-order valence-electron chi connectivity index (χ1n) is 7.43. The molecule has 1 aliphatic rings. The summed E-state index contributed by atoms with van der Waals surface area (Å²) in [4.78, 5) is 0. The van der Waals surface area contributed by atoms with Crippen LogP contribution in [-0.4, -0.2) is 21.3 Å². The highest BCUT2D eigenvalue weighted by molar-refractivity contribution is 5.77. The molecule has 0 radical (unpaired) electrons. The van der Waals surface area contributed by atoms with E-state index >= 15 is 0 Å². The van der Waals surface area contributed by atoms with Gasteiger partial charge in [-0.15, -0.1) is 10.2 Å². The smallest absolute Gasteiger partial charge is 0.134 e. The number of nitrogens with one attached hydrogen (secondary N) is 1. The Hall–Kier alpha value is -2.14. The number of hydrogen-bond acceptors (Lipinski definition) is 4. The van der Waals surface area contributed by atoms with Gasteiger partial charge in [0.05, 0.1) is 6.54 Å². The summed E-state index contributed by atoms with van der Waals surface area (Å²) in [5.41, 5.74) is 0.959. The molecule has 0 bridgehead atoms. The van der Waals surface area contributed by atoms with E-state index in [0.717, 1.165) is 43.2 Å². The summed E-state index contributed by atoms with van der Waals surface area (Å²) in [6.45, 7) is 2.78. The maximum absolute atomic E-state index is 5.81. The van der Waals surface area contributed by atoms with Gasteiger partial charge in [0.25, 0.3) is 0 Å². The molecule has 4 rings (SSSR count). The summed E-state index contributed by atoms with van der Waals surface area (Å²) in [6, 6.07) is 10.2. The molecule has 1 N–H and O–H groups in total. The molecule has 1 atom stereocenters. The number of nitrogens with zero attached hydrogens (tertiary/aromatic N) is 3. The highest BCUT2D eigenvalue weighted by Gasteiger charge is 2.19. The van der Waals surface area contributed by atoms with Crippen molar-refractivity contribution >= 4 is 11.0 Å². The largest absolute Gasteiger partial charge is 0.460 e. The molecule has 1 aromatic carbocycles. The molecule has 5 heteroatoms. The zero-order chi connectivity index (χ0) is 14.1. The van der Waals surface area contributed by atoms with Crippen LogP contribution in [0.2, 0.25) is 0 Å². The third kappa shape index (κ3) is 2.56. The van der Waals surface area contributed by atoms with Crippen LogP contribution in [0.15, 0.2) is 41.1 Å². The number of aryl methyl sites for hydroxylation is 1. The normalized spacial score (nSPS) is 18.0. The molecule has 0 saturated heterocycles. The first kappa shape index (κ1) is 12.6. The van der Waals surface area contributed by atoms with Gasteiger partial charge < -0.3 is 14.3 Å². The Morgan fingerprint density at radius 3 is 3.24 bits per heavy atom. The van der Waals surface area contributed by atoms with Crippen LogP contribution in [0.3, 0.4) is 0 Å². The van der Waals surface area contributed by atoms with Crippen LogP contribution in [0.25, 0.3) is 11.0 Å². The second kappa shape index (κ2) is 5.33. The molecule has 0 unspecified atom stereocenters. The molecule has 2 aromatic heterocycles. The van der Waals surface area contributed by atoms with Gasteiger partial charge in [-0.1, -0.05) is 18.2 Å². The Morgan fingerprint density at radius 2 is 2.29 bits per heavy atom. The number of furan rings is 1. The number of rotatable bonds is 4. The summed E-state index contributed by atoms with van der Waals surface area (Å²) in [5, 5.41) is 12.8. The fraction of sp³-hybridized carbons (Fsp3) is 0.375. The highest BCUT2D eigenvalue weighted by atomic mass is 16.3. The maximum Gasteiger partial charge on any atom is 0.134 e. The van der Waals surface area contributed by atoms with Crippen LogP contribution in [0.5, 0.6) is 0 Å². The molecular formula is C16H18N4O. The summed E-state index contributed by atoms with van der Waals surface area (Å²) in [7, 11) is 0. The minimum Gasteiger partial charge on any atom is -0.460 e. The molecule has 0 amide bonds. The number of hydrogen-bond donors (Lipinski definition) is 1. The predicted molar refractivity (Wildman–Crippen MR) is 79.8 cm³/mol. The third-order valence-corrected chi connectivity index (χ3v) is 4.14. The van der Waals surface area contributed by atoms with Gasteiger partial charge in [-0.05, 0) is 24.5 Å². The first-order valence-corrected chi connectivity index (χ1v) is 7.43. The van der Waals surface area contributed by atoms with Crippen LogP contribution in [-0.2, 0) is 19.5 Å². The lowest BCUT2D eigenvalue weighted by atomic mass is 9.99. The zero-order valence-electron chi connectivity index (χ0n) is 11.8. The molecule has 3 aromatic rings. The van der Waals surface area contributed by atoms with E-state index in [-0.39, 0.29) is 0 Å².